The van der Waals surface area contributed by atoms with Crippen LogP contribution in [0.5, 0.6) is 0 Å². The monoisotopic (exact) mass is 252 g/mol. The van der Waals surface area contributed by atoms with Crippen LogP contribution < -0.4 is 0 Å². The number of nitro benzene ring substituents is 1. The van der Waals surface area contributed by atoms with E-state index in [4.69, 9.17) is 11.6 Å². The van der Waals surface area contributed by atoms with E-state index in [0.717, 1.165) is 13.1 Å². The van der Waals surface area contributed by atoms with Gasteiger partial charge in [-0.3, -0.25) is 10.1 Å². The molecule has 5 heteroatoms. The van der Waals surface area contributed by atoms with Gasteiger partial charge < -0.3 is 4.90 Å². The van der Waals surface area contributed by atoms with E-state index in [2.05, 4.69) is 4.90 Å². The van der Waals surface area contributed by atoms with Crippen LogP contribution in [-0.4, -0.2) is 22.9 Å². The van der Waals surface area contributed by atoms with Crippen molar-refractivity contribution in [3.63, 3.8) is 0 Å². The van der Waals surface area contributed by atoms with Crippen LogP contribution in [0.3, 0.4) is 0 Å². The first-order valence-electron chi connectivity index (χ1n) is 5.53. The molecule has 0 N–H and O–H groups in total. The van der Waals surface area contributed by atoms with Gasteiger partial charge in [-0.1, -0.05) is 11.6 Å². The zero-order valence-corrected chi connectivity index (χ0v) is 10.1. The second kappa shape index (κ2) is 5.19. The van der Waals surface area contributed by atoms with Crippen molar-refractivity contribution in [1.29, 1.82) is 0 Å². The molecule has 0 unspecified atom stereocenters. The van der Waals surface area contributed by atoms with Crippen LogP contribution in [0.4, 0.5) is 5.69 Å². The van der Waals surface area contributed by atoms with E-state index in [1.54, 1.807) is 18.2 Å². The molecule has 0 aromatic heterocycles. The van der Waals surface area contributed by atoms with Gasteiger partial charge >= 0.3 is 0 Å². The number of hydrogen-bond acceptors (Lipinski definition) is 3. The maximum Gasteiger partial charge on any atom is 0.278 e. The number of halogens is 1. The summed E-state index contributed by atoms with van der Waals surface area (Å²) in [5.41, 5.74) is 0.638. The molecular weight excluding hydrogens is 240 g/mol. The van der Waals surface area contributed by atoms with Gasteiger partial charge in [-0.15, -0.1) is 0 Å². The fourth-order valence-electron chi connectivity index (χ4n) is 1.89. The summed E-state index contributed by atoms with van der Waals surface area (Å²) in [4.78, 5) is 12.6. The van der Waals surface area contributed by atoms with Crippen molar-refractivity contribution in [1.82, 2.24) is 4.90 Å². The summed E-state index contributed by atoms with van der Waals surface area (Å²) < 4.78 is 0. The largest absolute Gasteiger partial charge is 0.377 e. The van der Waals surface area contributed by atoms with Crippen molar-refractivity contribution < 1.29 is 4.92 Å². The Hall–Kier alpha value is -1.55. The van der Waals surface area contributed by atoms with Gasteiger partial charge in [-0.2, -0.15) is 0 Å². The van der Waals surface area contributed by atoms with Crippen molar-refractivity contribution >= 4 is 23.4 Å². The number of nitrogens with zero attached hydrogens (tertiary/aromatic N) is 2. The number of benzene rings is 1. The first-order valence-corrected chi connectivity index (χ1v) is 5.91. The van der Waals surface area contributed by atoms with E-state index < -0.39 is 4.92 Å². The summed E-state index contributed by atoms with van der Waals surface area (Å²) >= 11 is 5.75. The van der Waals surface area contributed by atoms with Crippen LogP contribution in [0.1, 0.15) is 18.4 Å². The molecule has 0 aliphatic carbocycles. The van der Waals surface area contributed by atoms with Crippen LogP contribution in [0, 0.1) is 10.1 Å². The van der Waals surface area contributed by atoms with Crippen LogP contribution in [-0.2, 0) is 0 Å². The average molecular weight is 253 g/mol. The minimum atomic E-state index is -0.407. The van der Waals surface area contributed by atoms with E-state index in [9.17, 15) is 10.1 Å². The maximum absolute atomic E-state index is 10.9. The molecule has 4 nitrogen and oxygen atoms in total. The number of hydrogen-bond donors (Lipinski definition) is 0. The molecule has 17 heavy (non-hydrogen) atoms. The quantitative estimate of drug-likeness (QED) is 0.612. The normalized spacial score (nSPS) is 15.7. The Morgan fingerprint density at radius 1 is 1.35 bits per heavy atom. The van der Waals surface area contributed by atoms with Crippen LogP contribution in [0.2, 0.25) is 5.02 Å². The minimum absolute atomic E-state index is 0.0490. The van der Waals surface area contributed by atoms with Crippen molar-refractivity contribution in [3.05, 3.63) is 45.1 Å². The lowest BCUT2D eigenvalue weighted by molar-refractivity contribution is -0.385. The van der Waals surface area contributed by atoms with Gasteiger partial charge in [0.2, 0.25) is 0 Å². The third kappa shape index (κ3) is 2.97. The second-order valence-corrected chi connectivity index (χ2v) is 4.46. The van der Waals surface area contributed by atoms with Crippen molar-refractivity contribution in [2.24, 2.45) is 0 Å². The molecule has 1 saturated heterocycles. The average Bonchev–Trinajstić information content (AvgIpc) is 2.80. The Kier molecular flexibility index (Phi) is 3.64. The summed E-state index contributed by atoms with van der Waals surface area (Å²) in [6.07, 6.45) is 6.07. The highest BCUT2D eigenvalue weighted by molar-refractivity contribution is 6.30. The van der Waals surface area contributed by atoms with Crippen molar-refractivity contribution in [3.8, 4) is 0 Å². The van der Waals surface area contributed by atoms with E-state index >= 15 is 0 Å². The standard InChI is InChI=1S/C12H13ClN2O2/c13-11-4-3-10(12(9-11)15(16)17)5-8-14-6-1-2-7-14/h3-5,8-9H,1-2,6-7H2. The molecule has 0 spiro atoms. The summed E-state index contributed by atoms with van der Waals surface area (Å²) in [6.45, 7) is 2.05. The summed E-state index contributed by atoms with van der Waals surface area (Å²) in [7, 11) is 0. The van der Waals surface area contributed by atoms with Gasteiger partial charge in [0.1, 0.15) is 0 Å². The highest BCUT2D eigenvalue weighted by Crippen LogP contribution is 2.24. The van der Waals surface area contributed by atoms with E-state index in [1.165, 1.54) is 18.9 Å². The summed E-state index contributed by atoms with van der Waals surface area (Å²) in [5, 5.41) is 11.3. The van der Waals surface area contributed by atoms with Gasteiger partial charge in [0, 0.05) is 24.2 Å². The molecule has 0 amide bonds. The molecule has 0 saturated carbocycles. The highest BCUT2D eigenvalue weighted by Gasteiger charge is 2.13. The number of rotatable bonds is 3. The molecule has 2 rings (SSSR count). The van der Waals surface area contributed by atoms with Gasteiger partial charge in [-0.25, -0.2) is 0 Å². The molecular formula is C12H13ClN2O2. The zero-order valence-electron chi connectivity index (χ0n) is 9.30. The minimum Gasteiger partial charge on any atom is -0.377 e. The molecule has 1 aliphatic heterocycles. The smallest absolute Gasteiger partial charge is 0.278 e. The van der Waals surface area contributed by atoms with Crippen LogP contribution in [0.15, 0.2) is 24.4 Å². The Morgan fingerprint density at radius 2 is 2.06 bits per heavy atom. The third-order valence-electron chi connectivity index (χ3n) is 2.79. The molecule has 1 aliphatic rings. The fourth-order valence-corrected chi connectivity index (χ4v) is 2.06. The Morgan fingerprint density at radius 3 is 2.71 bits per heavy atom. The lowest BCUT2D eigenvalue weighted by Gasteiger charge is -2.10. The predicted molar refractivity (Wildman–Crippen MR) is 67.9 cm³/mol. The molecule has 0 atom stereocenters. The van der Waals surface area contributed by atoms with Crippen molar-refractivity contribution in [2.45, 2.75) is 12.8 Å². The van der Waals surface area contributed by atoms with Gasteiger partial charge in [0.25, 0.3) is 5.69 Å². The van der Waals surface area contributed by atoms with Gasteiger partial charge in [-0.05, 0) is 37.3 Å². The molecule has 0 bridgehead atoms. The Bertz CT molecular complexity index is 454. The lowest BCUT2D eigenvalue weighted by atomic mass is 10.2. The molecule has 1 fully saturated rings. The number of likely N-dealkylation sites (tertiary alicyclic amines) is 1. The molecule has 1 aromatic rings. The highest BCUT2D eigenvalue weighted by atomic mass is 35.5. The first kappa shape index (κ1) is 11.9. The first-order chi connectivity index (χ1) is 8.16. The van der Waals surface area contributed by atoms with Crippen molar-refractivity contribution in [2.75, 3.05) is 13.1 Å². The molecule has 0 radical (unpaired) electrons. The number of nitro groups is 1. The van der Waals surface area contributed by atoms with E-state index in [-0.39, 0.29) is 5.69 Å². The SMILES string of the molecule is O=[N+]([O-])c1cc(Cl)ccc1C=CN1CCCC1. The lowest BCUT2D eigenvalue weighted by Crippen LogP contribution is -2.10. The van der Waals surface area contributed by atoms with Gasteiger partial charge in [0.15, 0.2) is 0 Å². The van der Waals surface area contributed by atoms with Gasteiger partial charge in [0.05, 0.1) is 10.5 Å². The summed E-state index contributed by atoms with van der Waals surface area (Å²) in [6, 6.07) is 4.72. The predicted octanol–water partition coefficient (Wildman–Crippen LogP) is 3.31. The maximum atomic E-state index is 10.9. The zero-order chi connectivity index (χ0) is 12.3. The van der Waals surface area contributed by atoms with E-state index in [1.807, 2.05) is 6.20 Å². The third-order valence-corrected chi connectivity index (χ3v) is 3.03. The molecule has 90 valence electrons. The second-order valence-electron chi connectivity index (χ2n) is 4.02. The Labute approximate surface area is 105 Å². The topological polar surface area (TPSA) is 46.4 Å². The van der Waals surface area contributed by atoms with Crippen LogP contribution >= 0.6 is 11.6 Å². The Balaban J connectivity index is 2.22. The molecule has 1 heterocycles. The fraction of sp³-hybridized carbons (Fsp3) is 0.333. The van der Waals surface area contributed by atoms with Crippen LogP contribution in [0.25, 0.3) is 6.08 Å². The van der Waals surface area contributed by atoms with E-state index in [0.29, 0.717) is 10.6 Å². The molecule has 1 aromatic carbocycles. The summed E-state index contributed by atoms with van der Waals surface area (Å²) in [5.74, 6) is 0.